The van der Waals surface area contributed by atoms with Crippen molar-refractivity contribution in [3.05, 3.63) is 92.9 Å². The highest BCUT2D eigenvalue weighted by atomic mass is 127. The molecule has 0 spiro atoms. The van der Waals surface area contributed by atoms with E-state index in [-0.39, 0.29) is 94.4 Å². The monoisotopic (exact) mass is 861 g/mol. The Morgan fingerprint density at radius 1 is 1.11 bits per heavy atom. The highest BCUT2D eigenvalue weighted by Gasteiger charge is 2.31. The Morgan fingerprint density at radius 3 is 2.57 bits per heavy atom. The molecule has 0 saturated carbocycles. The number of rotatable bonds is 8. The van der Waals surface area contributed by atoms with Gasteiger partial charge in [0, 0.05) is 60.5 Å². The molecule has 0 atom stereocenters. The maximum Gasteiger partial charge on any atom is 0.321 e. The van der Waals surface area contributed by atoms with Crippen LogP contribution in [0, 0.1) is 12.7 Å². The number of fused-ring (bicyclic) bond motifs is 2. The number of carbonyl (C=O) groups is 2. The van der Waals surface area contributed by atoms with Crippen LogP contribution in [0.4, 0.5) is 24.5 Å². The Bertz CT molecular complexity index is 2490. The minimum atomic E-state index is -3.18. The topological polar surface area (TPSA) is 168 Å². The second kappa shape index (κ2) is 13.9. The van der Waals surface area contributed by atoms with Crippen molar-refractivity contribution < 1.29 is 27.9 Å². The summed E-state index contributed by atoms with van der Waals surface area (Å²) in [7, 11) is 0. The van der Waals surface area contributed by atoms with E-state index in [1.54, 1.807) is 18.7 Å². The predicted molar refractivity (Wildman–Crippen MR) is 195 cm³/mol. The zero-order chi connectivity index (χ0) is 37.8. The van der Waals surface area contributed by atoms with E-state index < -0.39 is 33.7 Å². The number of hydrogen-bond donors (Lipinski definition) is 2. The molecule has 53 heavy (non-hydrogen) atoms. The van der Waals surface area contributed by atoms with Crippen LogP contribution in [0.2, 0.25) is 5.02 Å². The molecule has 0 bridgehead atoms. The molecular formula is C33H28ClF3IN11O4. The van der Waals surface area contributed by atoms with Crippen molar-refractivity contribution in [2.75, 3.05) is 36.4 Å². The van der Waals surface area contributed by atoms with Gasteiger partial charge in [-0.1, -0.05) is 24.6 Å². The lowest BCUT2D eigenvalue weighted by Gasteiger charge is -2.36. The Balaban J connectivity index is 1.28. The molecule has 6 aromatic rings. The quantitative estimate of drug-likeness (QED) is 0.165. The Morgan fingerprint density at radius 2 is 1.87 bits per heavy atom. The van der Waals surface area contributed by atoms with Crippen molar-refractivity contribution in [3.8, 4) is 17.1 Å². The fraction of sp³-hybridized carbons (Fsp3) is 0.273. The van der Waals surface area contributed by atoms with E-state index in [2.05, 4.69) is 30.5 Å². The number of nitrogens with zero attached hydrogens (tertiary/aromatic N) is 10. The first-order chi connectivity index (χ1) is 25.3. The Kier molecular flexibility index (Phi) is 9.47. The van der Waals surface area contributed by atoms with Gasteiger partial charge in [0.1, 0.15) is 24.1 Å². The summed E-state index contributed by atoms with van der Waals surface area (Å²) in [5.41, 5.74) is 0.0203. The average Bonchev–Trinajstić information content (AvgIpc) is 3.80. The first-order valence-corrected chi connectivity index (χ1v) is 17.6. The van der Waals surface area contributed by atoms with E-state index in [1.807, 2.05) is 0 Å². The van der Waals surface area contributed by atoms with Gasteiger partial charge in [-0.3, -0.25) is 14.4 Å². The summed E-state index contributed by atoms with van der Waals surface area (Å²) in [5, 5.41) is 21.4. The molecule has 0 radical (unpaired) electrons. The SMILES string of the molecule is CCc1c(N2CCN(C(=O)c3ncnc(C)c3O)CC2)c(=O)n2nc(-c3ccn4nccc4c3F)nc2n1CC(=O)Nc1ccc(C(F)(F)I)cc1Cl. The summed E-state index contributed by atoms with van der Waals surface area (Å²) in [4.78, 5) is 56.8. The van der Waals surface area contributed by atoms with E-state index in [0.717, 1.165) is 39.2 Å². The van der Waals surface area contributed by atoms with Gasteiger partial charge in [-0.15, -0.1) is 5.10 Å². The number of pyridine rings is 1. The number of alkyl halides is 3. The van der Waals surface area contributed by atoms with Crippen molar-refractivity contribution in [2.45, 2.75) is 30.7 Å². The summed E-state index contributed by atoms with van der Waals surface area (Å²) < 4.78 is 44.1. The van der Waals surface area contributed by atoms with Crippen LogP contribution in [0.3, 0.4) is 0 Å². The van der Waals surface area contributed by atoms with Crippen molar-refractivity contribution >= 4 is 68.7 Å². The Labute approximate surface area is 316 Å². The van der Waals surface area contributed by atoms with Gasteiger partial charge in [-0.05, 0) is 37.6 Å². The van der Waals surface area contributed by atoms with Gasteiger partial charge in [0.25, 0.3) is 11.5 Å². The van der Waals surface area contributed by atoms with Crippen molar-refractivity contribution in [1.29, 1.82) is 0 Å². The molecule has 0 aliphatic carbocycles. The third kappa shape index (κ3) is 6.62. The van der Waals surface area contributed by atoms with Gasteiger partial charge in [-0.2, -0.15) is 23.4 Å². The molecule has 5 aromatic heterocycles. The second-order valence-corrected chi connectivity index (χ2v) is 13.8. The maximum atomic E-state index is 15.7. The van der Waals surface area contributed by atoms with E-state index in [4.69, 9.17) is 11.6 Å². The number of aromatic nitrogens is 8. The molecule has 2 amide bonds. The molecule has 1 aliphatic rings. The molecule has 7 rings (SSSR count). The zero-order valence-corrected chi connectivity index (χ0v) is 30.8. The summed E-state index contributed by atoms with van der Waals surface area (Å²) in [6.07, 6.45) is 4.38. The van der Waals surface area contributed by atoms with Crippen molar-refractivity contribution in [3.63, 3.8) is 0 Å². The Hall–Kier alpha value is -5.31. The van der Waals surface area contributed by atoms with Gasteiger partial charge in [0.05, 0.1) is 33.9 Å². The number of aryl methyl sites for hydroxylation is 1. The van der Waals surface area contributed by atoms with Crippen LogP contribution in [-0.4, -0.2) is 86.7 Å². The largest absolute Gasteiger partial charge is 0.504 e. The number of carbonyl (C=O) groups excluding carboxylic acids is 2. The van der Waals surface area contributed by atoms with Crippen LogP contribution < -0.4 is 15.8 Å². The van der Waals surface area contributed by atoms with E-state index in [1.165, 1.54) is 50.9 Å². The van der Waals surface area contributed by atoms with E-state index in [9.17, 15) is 28.3 Å². The number of aromatic hydroxyl groups is 1. The lowest BCUT2D eigenvalue weighted by Crippen LogP contribution is -2.51. The van der Waals surface area contributed by atoms with E-state index >= 15 is 4.39 Å². The summed E-state index contributed by atoms with van der Waals surface area (Å²) in [5.74, 6) is -2.28. The lowest BCUT2D eigenvalue weighted by molar-refractivity contribution is -0.116. The predicted octanol–water partition coefficient (Wildman–Crippen LogP) is 4.45. The molecule has 20 heteroatoms. The molecule has 0 unspecified atom stereocenters. The molecule has 274 valence electrons. The number of piperazine rings is 1. The molecule has 1 saturated heterocycles. The van der Waals surface area contributed by atoms with Gasteiger partial charge in [0.15, 0.2) is 23.1 Å². The molecule has 15 nitrogen and oxygen atoms in total. The van der Waals surface area contributed by atoms with Crippen molar-refractivity contribution in [1.82, 2.24) is 43.6 Å². The molecule has 2 N–H and O–H groups in total. The number of hydrogen-bond acceptors (Lipinski definition) is 10. The van der Waals surface area contributed by atoms with Crippen LogP contribution in [0.1, 0.15) is 34.4 Å². The molecule has 1 aliphatic heterocycles. The number of benzene rings is 1. The van der Waals surface area contributed by atoms with Crippen LogP contribution in [-0.2, 0) is 21.7 Å². The molecule has 6 heterocycles. The van der Waals surface area contributed by atoms with Crippen LogP contribution in [0.5, 0.6) is 5.75 Å². The zero-order valence-electron chi connectivity index (χ0n) is 27.9. The van der Waals surface area contributed by atoms with Gasteiger partial charge in [0.2, 0.25) is 11.7 Å². The first-order valence-electron chi connectivity index (χ1n) is 16.1. The maximum absolute atomic E-state index is 15.7. The van der Waals surface area contributed by atoms with Crippen LogP contribution in [0.25, 0.3) is 22.7 Å². The number of nitrogens with one attached hydrogen (secondary N) is 1. The molecule has 1 fully saturated rings. The normalized spacial score (nSPS) is 13.6. The third-order valence-electron chi connectivity index (χ3n) is 8.88. The summed E-state index contributed by atoms with van der Waals surface area (Å²) in [6, 6.07) is 6.37. The van der Waals surface area contributed by atoms with Gasteiger partial charge >= 0.3 is 3.93 Å². The lowest BCUT2D eigenvalue weighted by atomic mass is 10.2. The smallest absolute Gasteiger partial charge is 0.321 e. The highest BCUT2D eigenvalue weighted by molar-refractivity contribution is 14.1. The second-order valence-electron chi connectivity index (χ2n) is 12.1. The minimum Gasteiger partial charge on any atom is -0.504 e. The highest BCUT2D eigenvalue weighted by Crippen LogP contribution is 2.38. The number of anilines is 2. The number of halogens is 5. The summed E-state index contributed by atoms with van der Waals surface area (Å²) in [6.45, 7) is 3.61. The third-order valence-corrected chi connectivity index (χ3v) is 9.81. The van der Waals surface area contributed by atoms with E-state index in [0.29, 0.717) is 5.69 Å². The van der Waals surface area contributed by atoms with Gasteiger partial charge in [-0.25, -0.2) is 18.9 Å². The average molecular weight is 862 g/mol. The fourth-order valence-electron chi connectivity index (χ4n) is 6.21. The fourth-order valence-corrected chi connectivity index (χ4v) is 6.77. The summed E-state index contributed by atoms with van der Waals surface area (Å²) >= 11 is 7.25. The standard InChI is InChI=1S/C33H28ClF3IN11O4/c1-3-22-27(45-10-12-46(13-11-45)30(52)26-28(51)17(2)39-16-40-26)31(53)49-32(43-29(44-49)19-7-9-48-23(25(19)35)6-8-41-48)47(22)15-24(50)42-21-5-4-18(14-20(21)34)33(36,37)38/h4-9,14,16,51H,3,10-13,15H2,1-2H3,(H,42,50). The molecular weight excluding hydrogens is 834 g/mol. The van der Waals surface area contributed by atoms with Crippen LogP contribution in [0.15, 0.2) is 53.8 Å². The minimum absolute atomic E-state index is 0.00836. The van der Waals surface area contributed by atoms with Crippen LogP contribution >= 0.6 is 34.2 Å². The first kappa shape index (κ1) is 36.1. The number of amides is 2. The van der Waals surface area contributed by atoms with Gasteiger partial charge < -0.3 is 24.8 Å². The molecule has 1 aromatic carbocycles. The van der Waals surface area contributed by atoms with Crippen molar-refractivity contribution in [2.24, 2.45) is 0 Å².